The zero-order valence-corrected chi connectivity index (χ0v) is 17.4. The summed E-state index contributed by atoms with van der Waals surface area (Å²) in [7, 11) is 0. The molecule has 0 bridgehead atoms. The third-order valence-corrected chi connectivity index (χ3v) is 5.26. The van der Waals surface area contributed by atoms with Gasteiger partial charge in [-0.2, -0.15) is 0 Å². The van der Waals surface area contributed by atoms with Crippen molar-refractivity contribution < 1.29 is 0 Å². The fraction of sp³-hybridized carbons (Fsp3) is 0.160. The molecule has 2 aromatic heterocycles. The highest BCUT2D eigenvalue weighted by molar-refractivity contribution is 6.30. The SMILES string of the molecule is CC(C)=CCn1cc(-c2ccc(Cl)cc2)c(C(c2ccccc2)n2ccnc2)c1. The Bertz CT molecular complexity index is 1090. The van der Waals surface area contributed by atoms with Gasteiger partial charge in [0, 0.05) is 47.5 Å². The van der Waals surface area contributed by atoms with E-state index < -0.39 is 0 Å². The third kappa shape index (κ3) is 4.36. The molecule has 4 heteroatoms. The van der Waals surface area contributed by atoms with Gasteiger partial charge < -0.3 is 9.13 Å². The molecule has 4 rings (SSSR count). The average Bonchev–Trinajstić information content (AvgIpc) is 3.39. The van der Waals surface area contributed by atoms with Gasteiger partial charge in [0.25, 0.3) is 0 Å². The van der Waals surface area contributed by atoms with Gasteiger partial charge in [-0.15, -0.1) is 0 Å². The third-order valence-electron chi connectivity index (χ3n) is 5.01. The molecule has 2 aromatic carbocycles. The maximum Gasteiger partial charge on any atom is 0.0954 e. The van der Waals surface area contributed by atoms with Gasteiger partial charge in [0.1, 0.15) is 0 Å². The maximum atomic E-state index is 6.14. The van der Waals surface area contributed by atoms with Crippen molar-refractivity contribution >= 4 is 11.6 Å². The summed E-state index contributed by atoms with van der Waals surface area (Å²) in [5.41, 5.74) is 6.12. The van der Waals surface area contributed by atoms with Crippen LogP contribution >= 0.6 is 11.6 Å². The second kappa shape index (κ2) is 8.54. The van der Waals surface area contributed by atoms with E-state index in [0.717, 1.165) is 17.1 Å². The molecule has 29 heavy (non-hydrogen) atoms. The van der Waals surface area contributed by atoms with Crippen molar-refractivity contribution in [2.75, 3.05) is 0 Å². The Balaban J connectivity index is 1.89. The monoisotopic (exact) mass is 401 g/mol. The van der Waals surface area contributed by atoms with Gasteiger partial charge in [0.2, 0.25) is 0 Å². The van der Waals surface area contributed by atoms with Crippen LogP contribution in [0.3, 0.4) is 0 Å². The summed E-state index contributed by atoms with van der Waals surface area (Å²) in [5, 5.41) is 0.744. The first kappa shape index (κ1) is 19.3. The zero-order chi connectivity index (χ0) is 20.2. The average molecular weight is 402 g/mol. The lowest BCUT2D eigenvalue weighted by Gasteiger charge is -2.20. The van der Waals surface area contributed by atoms with Crippen LogP contribution in [-0.4, -0.2) is 14.1 Å². The Morgan fingerprint density at radius 2 is 1.79 bits per heavy atom. The van der Waals surface area contributed by atoms with E-state index in [2.05, 4.69) is 88.9 Å². The molecular formula is C25H24ClN3. The molecule has 4 aromatic rings. The van der Waals surface area contributed by atoms with Crippen LogP contribution < -0.4 is 0 Å². The van der Waals surface area contributed by atoms with Crippen LogP contribution in [0.2, 0.25) is 5.02 Å². The van der Waals surface area contributed by atoms with Crippen molar-refractivity contribution in [1.29, 1.82) is 0 Å². The molecule has 0 N–H and O–H groups in total. The lowest BCUT2D eigenvalue weighted by atomic mass is 9.94. The largest absolute Gasteiger partial charge is 0.349 e. The van der Waals surface area contributed by atoms with Crippen LogP contribution in [0.5, 0.6) is 0 Å². The van der Waals surface area contributed by atoms with E-state index in [1.165, 1.54) is 22.3 Å². The summed E-state index contributed by atoms with van der Waals surface area (Å²) in [6, 6.07) is 18.7. The van der Waals surface area contributed by atoms with Crippen molar-refractivity contribution in [3.05, 3.63) is 114 Å². The Morgan fingerprint density at radius 3 is 2.45 bits per heavy atom. The second-order valence-electron chi connectivity index (χ2n) is 7.44. The van der Waals surface area contributed by atoms with Gasteiger partial charge in [0.05, 0.1) is 12.4 Å². The summed E-state index contributed by atoms with van der Waals surface area (Å²) in [5.74, 6) is 0. The van der Waals surface area contributed by atoms with Gasteiger partial charge in [-0.05, 0) is 37.1 Å². The lowest BCUT2D eigenvalue weighted by Crippen LogP contribution is -2.11. The molecule has 0 saturated heterocycles. The minimum absolute atomic E-state index is 0.0392. The van der Waals surface area contributed by atoms with Gasteiger partial charge in [-0.3, -0.25) is 0 Å². The van der Waals surface area contributed by atoms with Crippen LogP contribution in [0.15, 0.2) is 97.4 Å². The molecule has 0 fully saturated rings. The van der Waals surface area contributed by atoms with Crippen molar-refractivity contribution in [2.24, 2.45) is 0 Å². The highest BCUT2D eigenvalue weighted by Crippen LogP contribution is 2.36. The molecule has 0 radical (unpaired) electrons. The van der Waals surface area contributed by atoms with E-state index in [9.17, 15) is 0 Å². The van der Waals surface area contributed by atoms with Crippen molar-refractivity contribution in [3.8, 4) is 11.1 Å². The maximum absolute atomic E-state index is 6.14. The Kier molecular flexibility index (Phi) is 5.68. The molecule has 3 nitrogen and oxygen atoms in total. The van der Waals surface area contributed by atoms with Crippen molar-refractivity contribution in [2.45, 2.75) is 26.4 Å². The van der Waals surface area contributed by atoms with E-state index in [0.29, 0.717) is 0 Å². The minimum atomic E-state index is 0.0392. The standard InChI is InChI=1S/C25H24ClN3/c1-19(2)12-14-28-16-23(20-8-10-22(26)11-9-20)24(17-28)25(29-15-13-27-18-29)21-6-4-3-5-7-21/h3-13,15-18,25H,14H2,1-2H3. The summed E-state index contributed by atoms with van der Waals surface area (Å²) < 4.78 is 4.41. The molecule has 0 aliphatic carbocycles. The van der Waals surface area contributed by atoms with E-state index in [1.54, 1.807) is 0 Å². The van der Waals surface area contributed by atoms with Crippen LogP contribution in [0.4, 0.5) is 0 Å². The number of halogens is 1. The fourth-order valence-corrected chi connectivity index (χ4v) is 3.70. The number of hydrogen-bond donors (Lipinski definition) is 0. The molecule has 2 heterocycles. The van der Waals surface area contributed by atoms with Crippen LogP contribution in [0.25, 0.3) is 11.1 Å². The first-order valence-electron chi connectivity index (χ1n) is 9.73. The molecule has 0 amide bonds. The quantitative estimate of drug-likeness (QED) is 0.333. The number of allylic oxidation sites excluding steroid dienone is 2. The van der Waals surface area contributed by atoms with E-state index in [1.807, 2.05) is 30.9 Å². The minimum Gasteiger partial charge on any atom is -0.349 e. The lowest BCUT2D eigenvalue weighted by molar-refractivity contribution is 0.674. The number of aromatic nitrogens is 3. The van der Waals surface area contributed by atoms with Crippen molar-refractivity contribution in [3.63, 3.8) is 0 Å². The molecule has 1 unspecified atom stereocenters. The smallest absolute Gasteiger partial charge is 0.0954 e. The highest BCUT2D eigenvalue weighted by Gasteiger charge is 2.22. The summed E-state index contributed by atoms with van der Waals surface area (Å²) in [6.07, 6.45) is 12.5. The summed E-state index contributed by atoms with van der Waals surface area (Å²) in [6.45, 7) is 5.10. The second-order valence-corrected chi connectivity index (χ2v) is 7.87. The molecule has 0 saturated carbocycles. The van der Waals surface area contributed by atoms with Gasteiger partial charge in [-0.25, -0.2) is 4.98 Å². The van der Waals surface area contributed by atoms with Gasteiger partial charge >= 0.3 is 0 Å². The van der Waals surface area contributed by atoms with E-state index in [4.69, 9.17) is 11.6 Å². The molecule has 0 aliphatic rings. The summed E-state index contributed by atoms with van der Waals surface area (Å²) >= 11 is 6.14. The Labute approximate surface area is 176 Å². The number of nitrogens with zero attached hydrogens (tertiary/aromatic N) is 3. The summed E-state index contributed by atoms with van der Waals surface area (Å²) in [4.78, 5) is 4.30. The zero-order valence-electron chi connectivity index (χ0n) is 16.7. The van der Waals surface area contributed by atoms with E-state index >= 15 is 0 Å². The predicted octanol–water partition coefficient (Wildman–Crippen LogP) is 6.61. The van der Waals surface area contributed by atoms with Crippen LogP contribution in [0, 0.1) is 0 Å². The number of hydrogen-bond acceptors (Lipinski definition) is 1. The Hall–Kier alpha value is -3.04. The fourth-order valence-electron chi connectivity index (χ4n) is 3.58. The number of rotatable bonds is 6. The van der Waals surface area contributed by atoms with Crippen LogP contribution in [0.1, 0.15) is 31.0 Å². The highest BCUT2D eigenvalue weighted by atomic mass is 35.5. The normalized spacial score (nSPS) is 12.0. The Morgan fingerprint density at radius 1 is 1.03 bits per heavy atom. The van der Waals surface area contributed by atoms with Gasteiger partial charge in [0.15, 0.2) is 0 Å². The van der Waals surface area contributed by atoms with Gasteiger partial charge in [-0.1, -0.05) is 65.7 Å². The topological polar surface area (TPSA) is 22.8 Å². The molecule has 0 aliphatic heterocycles. The molecule has 146 valence electrons. The first-order chi connectivity index (χ1) is 14.1. The van der Waals surface area contributed by atoms with E-state index in [-0.39, 0.29) is 6.04 Å². The molecular weight excluding hydrogens is 378 g/mol. The predicted molar refractivity (Wildman–Crippen MR) is 120 cm³/mol. The number of benzene rings is 2. The first-order valence-corrected chi connectivity index (χ1v) is 10.1. The van der Waals surface area contributed by atoms with Crippen LogP contribution in [-0.2, 0) is 6.54 Å². The molecule has 1 atom stereocenters. The number of imidazole rings is 1. The van der Waals surface area contributed by atoms with Crippen molar-refractivity contribution in [1.82, 2.24) is 14.1 Å². The molecule has 0 spiro atoms.